The minimum atomic E-state index is -1.11. The van der Waals surface area contributed by atoms with Crippen molar-refractivity contribution < 1.29 is 29.5 Å². The summed E-state index contributed by atoms with van der Waals surface area (Å²) in [5, 5.41) is 71.4. The van der Waals surface area contributed by atoms with Gasteiger partial charge in [0.15, 0.2) is 11.4 Å². The number of benzene rings is 2. The van der Waals surface area contributed by atoms with Crippen LogP contribution in [0.2, 0.25) is 0 Å². The predicted molar refractivity (Wildman–Crippen MR) is 110 cm³/mol. The zero-order valence-corrected chi connectivity index (χ0v) is 16.3. The third-order valence-electron chi connectivity index (χ3n) is 4.10. The third-order valence-corrected chi connectivity index (χ3v) is 4.10. The third kappa shape index (κ3) is 5.19. The van der Waals surface area contributed by atoms with Crippen LogP contribution in [-0.4, -0.2) is 42.6 Å². The number of nitrogens with zero attached hydrogens (tertiary/aromatic N) is 6. The van der Waals surface area contributed by atoms with Crippen LogP contribution >= 0.6 is 0 Å². The molecule has 178 valence electrons. The first-order valence-corrected chi connectivity index (χ1v) is 8.55. The van der Waals surface area contributed by atoms with Gasteiger partial charge in [0, 0.05) is 13.1 Å². The highest BCUT2D eigenvalue weighted by Gasteiger charge is 2.32. The molecular weight excluding hydrogens is 472 g/mol. The summed E-state index contributed by atoms with van der Waals surface area (Å²) in [6, 6.07) is 1.92. The van der Waals surface area contributed by atoms with E-state index < -0.39 is 88.1 Å². The molecule has 0 aliphatic carbocycles. The zero-order valence-electron chi connectivity index (χ0n) is 16.3. The highest BCUT2D eigenvalue weighted by molar-refractivity contribution is 5.78. The molecule has 0 saturated heterocycles. The van der Waals surface area contributed by atoms with Gasteiger partial charge in [-0.1, -0.05) is 0 Å². The molecule has 20 heteroatoms. The zero-order chi connectivity index (χ0) is 25.7. The van der Waals surface area contributed by atoms with Gasteiger partial charge >= 0.3 is 22.7 Å². The number of rotatable bonds is 11. The van der Waals surface area contributed by atoms with E-state index in [1.807, 2.05) is 0 Å². The fraction of sp³-hybridized carbons (Fsp3) is 0.143. The molecule has 2 rings (SSSR count). The van der Waals surface area contributed by atoms with Gasteiger partial charge in [0.25, 0.3) is 11.4 Å². The van der Waals surface area contributed by atoms with E-state index >= 15 is 0 Å². The number of anilines is 2. The van der Waals surface area contributed by atoms with Crippen LogP contribution in [0.5, 0.6) is 0 Å². The first-order valence-electron chi connectivity index (χ1n) is 8.55. The summed E-state index contributed by atoms with van der Waals surface area (Å²) < 4.78 is 0. The normalized spacial score (nSPS) is 10.2. The van der Waals surface area contributed by atoms with Crippen molar-refractivity contribution in [3.05, 3.63) is 85.0 Å². The molecule has 0 heterocycles. The van der Waals surface area contributed by atoms with Gasteiger partial charge < -0.3 is 10.6 Å². The Morgan fingerprint density at radius 1 is 0.471 bits per heavy atom. The summed E-state index contributed by atoms with van der Waals surface area (Å²) in [5.41, 5.74) is -7.29. The Kier molecular flexibility index (Phi) is 7.06. The Hall–Kier alpha value is -5.56. The molecule has 0 fully saturated rings. The van der Waals surface area contributed by atoms with E-state index in [-0.39, 0.29) is 0 Å². The van der Waals surface area contributed by atoms with Crippen molar-refractivity contribution in [2.24, 2.45) is 0 Å². The van der Waals surface area contributed by atoms with Crippen LogP contribution in [0.1, 0.15) is 0 Å². The molecule has 0 bridgehead atoms. The van der Waals surface area contributed by atoms with Gasteiger partial charge in [0.05, 0.1) is 53.8 Å². The molecule has 0 aliphatic heterocycles. The summed E-state index contributed by atoms with van der Waals surface area (Å²) in [6.45, 7) is -0.907. The van der Waals surface area contributed by atoms with E-state index in [1.54, 1.807) is 0 Å². The fourth-order valence-electron chi connectivity index (χ4n) is 2.72. The van der Waals surface area contributed by atoms with Crippen molar-refractivity contribution in [3.8, 4) is 0 Å². The molecule has 0 amide bonds. The van der Waals surface area contributed by atoms with Gasteiger partial charge in [0.1, 0.15) is 0 Å². The van der Waals surface area contributed by atoms with E-state index in [4.69, 9.17) is 0 Å². The highest BCUT2D eigenvalue weighted by Crippen LogP contribution is 2.39. The van der Waals surface area contributed by atoms with Gasteiger partial charge in [-0.2, -0.15) is 0 Å². The Morgan fingerprint density at radius 2 is 0.706 bits per heavy atom. The van der Waals surface area contributed by atoms with Crippen molar-refractivity contribution in [2.75, 3.05) is 23.7 Å². The Balaban J connectivity index is 2.38. The lowest BCUT2D eigenvalue weighted by atomic mass is 10.2. The highest BCUT2D eigenvalue weighted by atomic mass is 16.6. The fourth-order valence-corrected chi connectivity index (χ4v) is 2.72. The molecule has 0 spiro atoms. The molecular formula is C14H10N8O12. The minimum Gasteiger partial charge on any atom is -0.372 e. The van der Waals surface area contributed by atoms with Gasteiger partial charge in [-0.05, 0) is 0 Å². The van der Waals surface area contributed by atoms with Crippen LogP contribution in [0.25, 0.3) is 0 Å². The second-order valence-electron chi connectivity index (χ2n) is 6.11. The van der Waals surface area contributed by atoms with Crippen molar-refractivity contribution in [1.82, 2.24) is 0 Å². The van der Waals surface area contributed by atoms with Crippen LogP contribution in [0.15, 0.2) is 24.3 Å². The van der Waals surface area contributed by atoms with E-state index in [1.165, 1.54) is 0 Å². The minimum absolute atomic E-state index is 0.454. The molecule has 2 N–H and O–H groups in total. The number of non-ortho nitro benzene ring substituents is 2. The van der Waals surface area contributed by atoms with Crippen molar-refractivity contribution in [1.29, 1.82) is 0 Å². The van der Waals surface area contributed by atoms with Crippen LogP contribution < -0.4 is 10.6 Å². The summed E-state index contributed by atoms with van der Waals surface area (Å²) in [4.78, 5) is 60.2. The average Bonchev–Trinajstić information content (AvgIpc) is 2.75. The number of nitro groups is 6. The summed E-state index contributed by atoms with van der Waals surface area (Å²) in [5.74, 6) is 0. The molecule has 34 heavy (non-hydrogen) atoms. The molecule has 0 aliphatic rings. The second kappa shape index (κ2) is 9.71. The molecule has 20 nitrogen and oxygen atoms in total. The first kappa shape index (κ1) is 24.7. The molecule has 0 atom stereocenters. The van der Waals surface area contributed by atoms with Crippen molar-refractivity contribution >= 4 is 45.5 Å². The number of hydrogen-bond acceptors (Lipinski definition) is 14. The molecule has 0 saturated carbocycles. The lowest BCUT2D eigenvalue weighted by Gasteiger charge is -2.10. The van der Waals surface area contributed by atoms with E-state index in [0.717, 1.165) is 0 Å². The van der Waals surface area contributed by atoms with Crippen LogP contribution in [0, 0.1) is 60.7 Å². The summed E-state index contributed by atoms with van der Waals surface area (Å²) in [7, 11) is 0. The quantitative estimate of drug-likeness (QED) is 0.264. The SMILES string of the molecule is O=[N+]([O-])c1cc([N+](=O)[O-])c(NCCNc2c([N+](=O)[O-])cc([N+](=O)[O-])cc2[N+](=O)[O-])c([N+](=O)[O-])c1. The first-order chi connectivity index (χ1) is 15.8. The number of hydrogen-bond donors (Lipinski definition) is 2. The molecule has 2 aromatic carbocycles. The average molecular weight is 482 g/mol. The maximum absolute atomic E-state index is 11.3. The van der Waals surface area contributed by atoms with Gasteiger partial charge in [0.2, 0.25) is 0 Å². The predicted octanol–water partition coefficient (Wildman–Crippen LogP) is 2.66. The monoisotopic (exact) mass is 482 g/mol. The Labute approximate surface area is 184 Å². The van der Waals surface area contributed by atoms with E-state index in [9.17, 15) is 60.7 Å². The maximum Gasteiger partial charge on any atom is 0.306 e. The lowest BCUT2D eigenvalue weighted by Crippen LogP contribution is -2.17. The molecule has 0 unspecified atom stereocenters. The summed E-state index contributed by atoms with van der Waals surface area (Å²) >= 11 is 0. The van der Waals surface area contributed by atoms with Crippen LogP contribution in [0.4, 0.5) is 45.5 Å². The molecule has 0 aromatic heterocycles. The largest absolute Gasteiger partial charge is 0.372 e. The Morgan fingerprint density at radius 3 is 0.882 bits per heavy atom. The second-order valence-corrected chi connectivity index (χ2v) is 6.11. The van der Waals surface area contributed by atoms with Crippen LogP contribution in [0.3, 0.4) is 0 Å². The number of nitro benzene ring substituents is 6. The maximum atomic E-state index is 11.3. The number of nitrogens with one attached hydrogen (secondary N) is 2. The van der Waals surface area contributed by atoms with Gasteiger partial charge in [-0.3, -0.25) is 60.7 Å². The topological polar surface area (TPSA) is 283 Å². The van der Waals surface area contributed by atoms with Crippen LogP contribution in [-0.2, 0) is 0 Å². The lowest BCUT2D eigenvalue weighted by molar-refractivity contribution is -0.402. The summed E-state index contributed by atoms with van der Waals surface area (Å²) in [6.07, 6.45) is 0. The van der Waals surface area contributed by atoms with E-state index in [0.29, 0.717) is 24.3 Å². The smallest absolute Gasteiger partial charge is 0.306 e. The molecule has 2 aromatic rings. The van der Waals surface area contributed by atoms with Gasteiger partial charge in [-0.15, -0.1) is 0 Å². The molecule has 0 radical (unpaired) electrons. The van der Waals surface area contributed by atoms with Crippen molar-refractivity contribution in [2.45, 2.75) is 0 Å². The Bertz CT molecular complexity index is 1080. The van der Waals surface area contributed by atoms with Gasteiger partial charge in [-0.25, -0.2) is 0 Å². The van der Waals surface area contributed by atoms with E-state index in [2.05, 4.69) is 10.6 Å². The van der Waals surface area contributed by atoms with Crippen molar-refractivity contribution in [3.63, 3.8) is 0 Å². The standard InChI is InChI=1S/C14H10N8O12/c23-17(24)7-3-9(19(27)28)13(10(4-7)20(29)30)15-1-2-16-14-11(21(31)32)5-8(18(25)26)6-12(14)22(33)34/h3-6,15-16H,1-2H2.